The highest BCUT2D eigenvalue weighted by Gasteiger charge is 2.44. The normalized spacial score (nSPS) is 15.2. The van der Waals surface area contributed by atoms with E-state index in [1.165, 1.54) is 4.90 Å². The van der Waals surface area contributed by atoms with Gasteiger partial charge < -0.3 is 9.15 Å². The third-order valence-corrected chi connectivity index (χ3v) is 6.61. The number of carbonyl (C=O) groups is 1. The van der Waals surface area contributed by atoms with Crippen LogP contribution in [-0.4, -0.2) is 17.5 Å². The molecule has 0 fully saturated rings. The predicted octanol–water partition coefficient (Wildman–Crippen LogP) is 6.43. The maximum absolute atomic E-state index is 13.8. The maximum atomic E-state index is 13.8. The van der Waals surface area contributed by atoms with Gasteiger partial charge in [-0.1, -0.05) is 48.0 Å². The Bertz CT molecular complexity index is 1480. The molecule has 0 radical (unpaired) electrons. The highest BCUT2D eigenvalue weighted by Crippen LogP contribution is 2.41. The van der Waals surface area contributed by atoms with Crippen LogP contribution >= 0.6 is 15.9 Å². The molecule has 1 aliphatic rings. The second kappa shape index (κ2) is 9.30. The number of aryl methyl sites for hydroxylation is 1. The molecule has 178 valence electrons. The monoisotopic (exact) mass is 532 g/mol. The molecule has 1 amide bonds. The molecule has 1 atom stereocenters. The number of hydrogen-bond acceptors (Lipinski definition) is 5. The number of halogens is 1. The fourth-order valence-electron chi connectivity index (χ4n) is 4.29. The van der Waals surface area contributed by atoms with Crippen LogP contribution in [0, 0.1) is 12.8 Å². The van der Waals surface area contributed by atoms with Crippen molar-refractivity contribution in [3.8, 4) is 5.75 Å². The molecule has 5 rings (SSSR count). The Morgan fingerprint density at radius 3 is 2.69 bits per heavy atom. The summed E-state index contributed by atoms with van der Waals surface area (Å²) in [6, 6.07) is 15.7. The molecule has 0 saturated heterocycles. The Kier molecular flexibility index (Phi) is 6.19. The number of rotatable bonds is 6. The van der Waals surface area contributed by atoms with Gasteiger partial charge in [0.1, 0.15) is 17.2 Å². The molecule has 1 aliphatic heterocycles. The zero-order valence-electron chi connectivity index (χ0n) is 19.7. The second-order valence-electron chi connectivity index (χ2n) is 9.19. The Morgan fingerprint density at radius 2 is 1.94 bits per heavy atom. The lowest BCUT2D eigenvalue weighted by Crippen LogP contribution is -2.30. The minimum atomic E-state index is -0.694. The number of fused-ring (bicyclic) bond motifs is 2. The fraction of sp³-hybridized carbons (Fsp3) is 0.250. The topological polar surface area (TPSA) is 72.6 Å². The van der Waals surface area contributed by atoms with Crippen molar-refractivity contribution in [1.29, 1.82) is 0 Å². The van der Waals surface area contributed by atoms with E-state index < -0.39 is 11.9 Å². The maximum Gasteiger partial charge on any atom is 0.296 e. The smallest absolute Gasteiger partial charge is 0.296 e. The molecule has 0 saturated carbocycles. The summed E-state index contributed by atoms with van der Waals surface area (Å²) in [4.78, 5) is 33.5. The molecular formula is C28H25BrN2O4. The summed E-state index contributed by atoms with van der Waals surface area (Å²) in [5, 5.41) is 0.416. The first kappa shape index (κ1) is 23.3. The van der Waals surface area contributed by atoms with Crippen molar-refractivity contribution in [2.75, 3.05) is 11.5 Å². The number of carbonyl (C=O) groups excluding carboxylic acids is 1. The SMILES string of the molecule is Cc1ccc(N2C(=O)c3oc4ccc(Br)cc4c(=O)c3C2c2cccc(OCCC(C)C)c2)nc1. The summed E-state index contributed by atoms with van der Waals surface area (Å²) in [5.74, 6) is 1.32. The van der Waals surface area contributed by atoms with Crippen LogP contribution in [-0.2, 0) is 0 Å². The zero-order valence-corrected chi connectivity index (χ0v) is 21.3. The second-order valence-corrected chi connectivity index (χ2v) is 10.1. The van der Waals surface area contributed by atoms with Gasteiger partial charge in [-0.3, -0.25) is 14.5 Å². The molecule has 0 spiro atoms. The molecule has 7 heteroatoms. The fourth-order valence-corrected chi connectivity index (χ4v) is 4.65. The standard InChI is InChI=1S/C28H25BrN2O4/c1-16(2)11-12-34-20-6-4-5-18(13-20)25-24-26(32)21-14-19(29)8-9-22(21)35-27(24)28(33)31(25)23-10-7-17(3)15-30-23/h4-10,13-16,25H,11-12H2,1-3H3. The van der Waals surface area contributed by atoms with Gasteiger partial charge in [-0.15, -0.1) is 0 Å². The number of benzene rings is 2. The van der Waals surface area contributed by atoms with Crippen molar-refractivity contribution < 1.29 is 13.9 Å². The van der Waals surface area contributed by atoms with Crippen molar-refractivity contribution in [2.45, 2.75) is 33.2 Å². The first-order valence-corrected chi connectivity index (χ1v) is 12.4. The van der Waals surface area contributed by atoms with Gasteiger partial charge in [0, 0.05) is 10.7 Å². The molecule has 3 heterocycles. The van der Waals surface area contributed by atoms with Crippen LogP contribution in [0.5, 0.6) is 5.75 Å². The van der Waals surface area contributed by atoms with Crippen molar-refractivity contribution in [1.82, 2.24) is 4.98 Å². The van der Waals surface area contributed by atoms with Crippen LogP contribution in [0.25, 0.3) is 11.0 Å². The van der Waals surface area contributed by atoms with E-state index in [0.29, 0.717) is 40.6 Å². The van der Waals surface area contributed by atoms with Crippen molar-refractivity contribution >= 4 is 38.6 Å². The Balaban J connectivity index is 1.68. The molecule has 2 aromatic heterocycles. The number of ether oxygens (including phenoxy) is 1. The Hall–Kier alpha value is -3.45. The van der Waals surface area contributed by atoms with Crippen LogP contribution in [0.15, 0.2) is 74.5 Å². The van der Waals surface area contributed by atoms with E-state index >= 15 is 0 Å². The van der Waals surface area contributed by atoms with Gasteiger partial charge in [0.2, 0.25) is 5.76 Å². The van der Waals surface area contributed by atoms with E-state index in [2.05, 4.69) is 34.8 Å². The minimum Gasteiger partial charge on any atom is -0.494 e. The summed E-state index contributed by atoms with van der Waals surface area (Å²) in [6.45, 7) is 6.82. The molecule has 6 nitrogen and oxygen atoms in total. The van der Waals surface area contributed by atoms with Crippen molar-refractivity contribution in [2.24, 2.45) is 5.92 Å². The summed E-state index contributed by atoms with van der Waals surface area (Å²) < 4.78 is 12.8. The first-order valence-electron chi connectivity index (χ1n) is 11.6. The predicted molar refractivity (Wildman–Crippen MR) is 139 cm³/mol. The van der Waals surface area contributed by atoms with Crippen LogP contribution in [0.1, 0.15) is 53.6 Å². The number of pyridine rings is 1. The van der Waals surface area contributed by atoms with Crippen LogP contribution in [0.4, 0.5) is 5.82 Å². The van der Waals surface area contributed by atoms with Crippen molar-refractivity contribution in [3.05, 3.63) is 97.9 Å². The van der Waals surface area contributed by atoms with Gasteiger partial charge in [0.05, 0.1) is 23.6 Å². The lowest BCUT2D eigenvalue weighted by molar-refractivity contribution is 0.0970. The van der Waals surface area contributed by atoms with Gasteiger partial charge in [-0.05, 0) is 66.8 Å². The molecule has 35 heavy (non-hydrogen) atoms. The van der Waals surface area contributed by atoms with Crippen LogP contribution < -0.4 is 15.1 Å². The van der Waals surface area contributed by atoms with Crippen LogP contribution in [0.3, 0.4) is 0 Å². The molecule has 1 unspecified atom stereocenters. The molecule has 0 aliphatic carbocycles. The summed E-state index contributed by atoms with van der Waals surface area (Å²) in [6.07, 6.45) is 2.63. The zero-order chi connectivity index (χ0) is 24.7. The molecule has 0 bridgehead atoms. The van der Waals surface area contributed by atoms with Gasteiger partial charge in [0.25, 0.3) is 5.91 Å². The quantitative estimate of drug-likeness (QED) is 0.286. The number of anilines is 1. The van der Waals surface area contributed by atoms with E-state index in [1.54, 1.807) is 30.5 Å². The number of aromatic nitrogens is 1. The largest absolute Gasteiger partial charge is 0.494 e. The Labute approximate surface area is 211 Å². The minimum absolute atomic E-state index is 0.0447. The van der Waals surface area contributed by atoms with Crippen molar-refractivity contribution in [3.63, 3.8) is 0 Å². The summed E-state index contributed by atoms with van der Waals surface area (Å²) in [7, 11) is 0. The van der Waals surface area contributed by atoms with E-state index in [4.69, 9.17) is 9.15 Å². The number of hydrogen-bond donors (Lipinski definition) is 0. The van der Waals surface area contributed by atoms with E-state index in [9.17, 15) is 9.59 Å². The van der Waals surface area contributed by atoms with E-state index in [1.807, 2.05) is 37.3 Å². The Morgan fingerprint density at radius 1 is 1.11 bits per heavy atom. The lowest BCUT2D eigenvalue weighted by Gasteiger charge is -2.24. The molecule has 2 aromatic carbocycles. The molecule has 0 N–H and O–H groups in total. The lowest BCUT2D eigenvalue weighted by atomic mass is 9.98. The summed E-state index contributed by atoms with van der Waals surface area (Å²) in [5.41, 5.74) is 2.17. The van der Waals surface area contributed by atoms with Gasteiger partial charge >= 0.3 is 0 Å². The third-order valence-electron chi connectivity index (χ3n) is 6.11. The average molecular weight is 533 g/mol. The summed E-state index contributed by atoms with van der Waals surface area (Å²) >= 11 is 3.43. The van der Waals surface area contributed by atoms with E-state index in [-0.39, 0.29) is 11.2 Å². The highest BCUT2D eigenvalue weighted by atomic mass is 79.9. The molecule has 4 aromatic rings. The van der Waals surface area contributed by atoms with Crippen LogP contribution in [0.2, 0.25) is 0 Å². The third kappa shape index (κ3) is 4.36. The van der Waals surface area contributed by atoms with Gasteiger partial charge in [-0.2, -0.15) is 0 Å². The number of amides is 1. The number of nitrogens with zero attached hydrogens (tertiary/aromatic N) is 2. The van der Waals surface area contributed by atoms with Gasteiger partial charge in [-0.25, -0.2) is 4.98 Å². The van der Waals surface area contributed by atoms with E-state index in [0.717, 1.165) is 22.0 Å². The van der Waals surface area contributed by atoms with Gasteiger partial charge in [0.15, 0.2) is 5.43 Å². The first-order chi connectivity index (χ1) is 16.8. The highest BCUT2D eigenvalue weighted by molar-refractivity contribution is 9.10. The average Bonchev–Trinajstić information content (AvgIpc) is 3.13. The molecular weight excluding hydrogens is 508 g/mol.